The van der Waals surface area contributed by atoms with E-state index < -0.39 is 11.7 Å². The van der Waals surface area contributed by atoms with E-state index in [1.807, 2.05) is 24.3 Å². The van der Waals surface area contributed by atoms with Gasteiger partial charge in [0.05, 0.1) is 11.6 Å². The predicted molar refractivity (Wildman–Crippen MR) is 81.0 cm³/mol. The molecule has 0 spiro atoms. The monoisotopic (exact) mass is 358 g/mol. The van der Waals surface area contributed by atoms with Gasteiger partial charge in [-0.25, -0.2) is 0 Å². The highest BCUT2D eigenvalue weighted by molar-refractivity contribution is 9.10. The Morgan fingerprint density at radius 1 is 1.10 bits per heavy atom. The van der Waals surface area contributed by atoms with Crippen LogP contribution in [0.4, 0.5) is 18.9 Å². The summed E-state index contributed by atoms with van der Waals surface area (Å²) in [5.74, 6) is 0. The second-order valence-electron chi connectivity index (χ2n) is 4.57. The molecule has 0 fully saturated rings. The van der Waals surface area contributed by atoms with Gasteiger partial charge in [-0.2, -0.15) is 13.2 Å². The smallest absolute Gasteiger partial charge is 0.377 e. The third-order valence-electron chi connectivity index (χ3n) is 3.02. The first-order valence-corrected chi connectivity index (χ1v) is 7.09. The van der Waals surface area contributed by atoms with Gasteiger partial charge in [-0.15, -0.1) is 0 Å². The molecule has 0 aliphatic rings. The Morgan fingerprint density at radius 3 is 2.43 bits per heavy atom. The number of nitrogens with one attached hydrogen (secondary N) is 1. The molecule has 21 heavy (non-hydrogen) atoms. The van der Waals surface area contributed by atoms with Crippen LogP contribution in [0.5, 0.6) is 0 Å². The highest BCUT2D eigenvalue weighted by Gasteiger charge is 2.30. The summed E-state index contributed by atoms with van der Waals surface area (Å²) in [6.07, 6.45) is -4.36. The fourth-order valence-corrected chi connectivity index (χ4v) is 2.39. The molecule has 0 radical (unpaired) electrons. The largest absolute Gasteiger partial charge is 0.416 e. The molecular formula is C15H14BrF3N2. The molecule has 0 amide bonds. The Bertz CT molecular complexity index is 614. The Kier molecular flexibility index (Phi) is 4.90. The van der Waals surface area contributed by atoms with Crippen LogP contribution in [0.3, 0.4) is 0 Å². The first kappa shape index (κ1) is 15.9. The SMILES string of the molecule is NCC(Nc1cccc(Br)c1)c1cccc(C(F)(F)F)c1. The standard InChI is InChI=1S/C15H14BrF3N2/c16-12-5-2-6-13(8-12)21-14(9-20)10-3-1-4-11(7-10)15(17,18)19/h1-8,14,21H,9,20H2. The highest BCUT2D eigenvalue weighted by Crippen LogP contribution is 2.31. The van der Waals surface area contributed by atoms with Crippen LogP contribution >= 0.6 is 15.9 Å². The third kappa shape index (κ3) is 4.22. The van der Waals surface area contributed by atoms with Crippen LogP contribution < -0.4 is 11.1 Å². The fourth-order valence-electron chi connectivity index (χ4n) is 1.99. The van der Waals surface area contributed by atoms with E-state index in [-0.39, 0.29) is 12.6 Å². The Labute approximate surface area is 129 Å². The zero-order chi connectivity index (χ0) is 15.5. The normalized spacial score (nSPS) is 13.0. The molecule has 0 heterocycles. The number of halogens is 4. The minimum atomic E-state index is -4.36. The topological polar surface area (TPSA) is 38.0 Å². The van der Waals surface area contributed by atoms with Gasteiger partial charge < -0.3 is 11.1 Å². The number of nitrogens with two attached hydrogens (primary N) is 1. The van der Waals surface area contributed by atoms with Crippen LogP contribution in [0.1, 0.15) is 17.2 Å². The van der Waals surface area contributed by atoms with Gasteiger partial charge in [-0.05, 0) is 35.9 Å². The second kappa shape index (κ2) is 6.49. The summed E-state index contributed by atoms with van der Waals surface area (Å²) in [4.78, 5) is 0. The molecule has 0 saturated carbocycles. The van der Waals surface area contributed by atoms with Crippen LogP contribution in [0.15, 0.2) is 53.0 Å². The van der Waals surface area contributed by atoms with Gasteiger partial charge in [0.1, 0.15) is 0 Å². The predicted octanol–water partition coefficient (Wildman–Crippen LogP) is 4.58. The van der Waals surface area contributed by atoms with Crippen molar-refractivity contribution in [2.24, 2.45) is 5.73 Å². The molecule has 1 unspecified atom stereocenters. The van der Waals surface area contributed by atoms with E-state index in [4.69, 9.17) is 5.73 Å². The van der Waals surface area contributed by atoms with Crippen LogP contribution in [-0.2, 0) is 6.18 Å². The van der Waals surface area contributed by atoms with E-state index in [1.54, 1.807) is 6.07 Å². The summed E-state index contributed by atoms with van der Waals surface area (Å²) in [6.45, 7) is 0.188. The van der Waals surface area contributed by atoms with E-state index in [2.05, 4.69) is 21.2 Å². The lowest BCUT2D eigenvalue weighted by Gasteiger charge is -2.20. The molecule has 112 valence electrons. The van der Waals surface area contributed by atoms with Crippen LogP contribution in [0.2, 0.25) is 0 Å². The maximum Gasteiger partial charge on any atom is 0.416 e. The van der Waals surface area contributed by atoms with E-state index in [9.17, 15) is 13.2 Å². The molecule has 2 nitrogen and oxygen atoms in total. The molecule has 6 heteroatoms. The zero-order valence-corrected chi connectivity index (χ0v) is 12.6. The van der Waals surface area contributed by atoms with Crippen molar-refractivity contribution >= 4 is 21.6 Å². The molecular weight excluding hydrogens is 345 g/mol. The van der Waals surface area contributed by atoms with Gasteiger partial charge in [-0.1, -0.05) is 34.1 Å². The van der Waals surface area contributed by atoms with Gasteiger partial charge >= 0.3 is 6.18 Å². The average molecular weight is 359 g/mol. The number of alkyl halides is 3. The van der Waals surface area contributed by atoms with Gasteiger partial charge in [0.15, 0.2) is 0 Å². The van der Waals surface area contributed by atoms with Gasteiger partial charge in [0.2, 0.25) is 0 Å². The average Bonchev–Trinajstić information content (AvgIpc) is 2.44. The number of hydrogen-bond acceptors (Lipinski definition) is 2. The first-order chi connectivity index (χ1) is 9.90. The van der Waals surface area contributed by atoms with Crippen LogP contribution in [-0.4, -0.2) is 6.54 Å². The Balaban J connectivity index is 2.25. The molecule has 2 rings (SSSR count). The number of benzene rings is 2. The zero-order valence-electron chi connectivity index (χ0n) is 11.0. The van der Waals surface area contributed by atoms with Crippen molar-refractivity contribution in [1.82, 2.24) is 0 Å². The van der Waals surface area contributed by atoms with Crippen LogP contribution in [0, 0.1) is 0 Å². The summed E-state index contributed by atoms with van der Waals surface area (Å²) in [6, 6.07) is 12.2. The molecule has 0 aromatic heterocycles. The maximum atomic E-state index is 12.8. The van der Waals surface area contributed by atoms with E-state index in [1.165, 1.54) is 6.07 Å². The van der Waals surface area contributed by atoms with Gasteiger partial charge in [-0.3, -0.25) is 0 Å². The Morgan fingerprint density at radius 2 is 1.81 bits per heavy atom. The minimum absolute atomic E-state index is 0.188. The first-order valence-electron chi connectivity index (χ1n) is 6.29. The molecule has 2 aromatic rings. The molecule has 2 aromatic carbocycles. The van der Waals surface area contributed by atoms with Crippen molar-refractivity contribution in [3.8, 4) is 0 Å². The summed E-state index contributed by atoms with van der Waals surface area (Å²) >= 11 is 3.35. The highest BCUT2D eigenvalue weighted by atomic mass is 79.9. The van der Waals surface area contributed by atoms with Gasteiger partial charge in [0, 0.05) is 16.7 Å². The molecule has 1 atom stereocenters. The maximum absolute atomic E-state index is 12.8. The lowest BCUT2D eigenvalue weighted by Crippen LogP contribution is -2.21. The summed E-state index contributed by atoms with van der Waals surface area (Å²) in [5, 5.41) is 3.14. The quantitative estimate of drug-likeness (QED) is 0.839. The minimum Gasteiger partial charge on any atom is -0.377 e. The van der Waals surface area contributed by atoms with Crippen molar-refractivity contribution in [3.05, 3.63) is 64.1 Å². The molecule has 0 aliphatic carbocycles. The number of rotatable bonds is 4. The van der Waals surface area contributed by atoms with Gasteiger partial charge in [0.25, 0.3) is 0 Å². The second-order valence-corrected chi connectivity index (χ2v) is 5.48. The van der Waals surface area contributed by atoms with E-state index >= 15 is 0 Å². The molecule has 0 bridgehead atoms. The fraction of sp³-hybridized carbons (Fsp3) is 0.200. The summed E-state index contributed by atoms with van der Waals surface area (Å²) in [5.41, 5.74) is 6.32. The van der Waals surface area contributed by atoms with Crippen molar-refractivity contribution in [1.29, 1.82) is 0 Å². The number of hydrogen-bond donors (Lipinski definition) is 2. The number of anilines is 1. The van der Waals surface area contributed by atoms with Crippen LogP contribution in [0.25, 0.3) is 0 Å². The summed E-state index contributed by atoms with van der Waals surface area (Å²) < 4.78 is 39.2. The Hall–Kier alpha value is -1.53. The summed E-state index contributed by atoms with van der Waals surface area (Å²) in [7, 11) is 0. The molecule has 0 saturated heterocycles. The van der Waals surface area contributed by atoms with E-state index in [0.717, 1.165) is 22.3 Å². The van der Waals surface area contributed by atoms with Crippen molar-refractivity contribution in [2.75, 3.05) is 11.9 Å². The van der Waals surface area contributed by atoms with E-state index in [0.29, 0.717) is 5.56 Å². The van der Waals surface area contributed by atoms with Crippen molar-refractivity contribution < 1.29 is 13.2 Å². The van der Waals surface area contributed by atoms with Crippen molar-refractivity contribution in [3.63, 3.8) is 0 Å². The lowest BCUT2D eigenvalue weighted by molar-refractivity contribution is -0.137. The molecule has 0 aliphatic heterocycles. The third-order valence-corrected chi connectivity index (χ3v) is 3.51. The van der Waals surface area contributed by atoms with Crippen molar-refractivity contribution in [2.45, 2.75) is 12.2 Å². The molecule has 3 N–H and O–H groups in total. The lowest BCUT2D eigenvalue weighted by atomic mass is 10.0.